The fourth-order valence-electron chi connectivity index (χ4n) is 1.05. The predicted molar refractivity (Wildman–Crippen MR) is 72.8 cm³/mol. The fourth-order valence-corrected chi connectivity index (χ4v) is 1.05. The van der Waals surface area contributed by atoms with E-state index in [2.05, 4.69) is 44.8 Å². The Balaban J connectivity index is 4.14. The molecular formula is C13H29N3O. The van der Waals surface area contributed by atoms with E-state index in [1.807, 2.05) is 14.1 Å². The van der Waals surface area contributed by atoms with Gasteiger partial charge < -0.3 is 16.0 Å². The van der Waals surface area contributed by atoms with Crippen molar-refractivity contribution in [3.63, 3.8) is 0 Å². The van der Waals surface area contributed by atoms with Gasteiger partial charge in [0.15, 0.2) is 0 Å². The zero-order chi connectivity index (χ0) is 13.9. The Kier molecular flexibility index (Phi) is 5.62. The highest BCUT2D eigenvalue weighted by molar-refractivity contribution is 5.76. The van der Waals surface area contributed by atoms with E-state index in [1.165, 1.54) is 0 Å². The van der Waals surface area contributed by atoms with Gasteiger partial charge >= 0.3 is 0 Å². The maximum absolute atomic E-state index is 11.8. The monoisotopic (exact) mass is 243 g/mol. The van der Waals surface area contributed by atoms with Gasteiger partial charge in [0, 0.05) is 24.5 Å². The van der Waals surface area contributed by atoms with Crippen LogP contribution < -0.4 is 11.1 Å². The highest BCUT2D eigenvalue weighted by Crippen LogP contribution is 2.19. The number of rotatable bonds is 5. The fraction of sp³-hybridized carbons (Fsp3) is 0.923. The number of hydrogen-bond acceptors (Lipinski definition) is 3. The summed E-state index contributed by atoms with van der Waals surface area (Å²) in [5.41, 5.74) is 5.91. The summed E-state index contributed by atoms with van der Waals surface area (Å²) in [6.07, 6.45) is 0.382. The van der Waals surface area contributed by atoms with Gasteiger partial charge in [0.25, 0.3) is 0 Å². The first-order valence-electron chi connectivity index (χ1n) is 6.16. The van der Waals surface area contributed by atoms with E-state index in [9.17, 15) is 4.79 Å². The lowest BCUT2D eigenvalue weighted by Gasteiger charge is -2.33. The molecule has 0 aliphatic rings. The van der Waals surface area contributed by atoms with Crippen molar-refractivity contribution in [1.82, 2.24) is 10.2 Å². The molecule has 1 amide bonds. The van der Waals surface area contributed by atoms with Gasteiger partial charge in [-0.25, -0.2) is 0 Å². The summed E-state index contributed by atoms with van der Waals surface area (Å²) in [4.78, 5) is 13.9. The Hall–Kier alpha value is -0.610. The Morgan fingerprint density at radius 3 is 2.06 bits per heavy atom. The lowest BCUT2D eigenvalue weighted by Crippen LogP contribution is -2.49. The number of nitrogens with one attached hydrogen (secondary N) is 1. The van der Waals surface area contributed by atoms with Crippen LogP contribution in [0.25, 0.3) is 0 Å². The van der Waals surface area contributed by atoms with Crippen LogP contribution >= 0.6 is 0 Å². The molecule has 3 N–H and O–H groups in total. The molecule has 1 unspecified atom stereocenters. The number of amides is 1. The van der Waals surface area contributed by atoms with Gasteiger partial charge in [0.1, 0.15) is 0 Å². The average Bonchev–Trinajstić information content (AvgIpc) is 2.13. The van der Waals surface area contributed by atoms with Gasteiger partial charge in [0.2, 0.25) is 5.91 Å². The van der Waals surface area contributed by atoms with Gasteiger partial charge in [-0.3, -0.25) is 4.79 Å². The third-order valence-electron chi connectivity index (χ3n) is 3.45. The number of hydrogen-bond donors (Lipinski definition) is 2. The van der Waals surface area contributed by atoms with Crippen LogP contribution in [0.2, 0.25) is 0 Å². The molecule has 102 valence electrons. The molecule has 1 atom stereocenters. The predicted octanol–water partition coefficient (Wildman–Crippen LogP) is 1.21. The molecule has 0 saturated carbocycles. The van der Waals surface area contributed by atoms with E-state index in [0.29, 0.717) is 13.0 Å². The second-order valence-corrected chi connectivity index (χ2v) is 6.66. The average molecular weight is 243 g/mol. The summed E-state index contributed by atoms with van der Waals surface area (Å²) >= 11 is 0. The molecule has 0 aliphatic carbocycles. The Morgan fingerprint density at radius 2 is 1.71 bits per heavy atom. The van der Waals surface area contributed by atoms with Gasteiger partial charge in [-0.05, 0) is 33.4 Å². The largest absolute Gasteiger partial charge is 0.354 e. The summed E-state index contributed by atoms with van der Waals surface area (Å²) in [6, 6.07) is -0.107. The smallest absolute Gasteiger partial charge is 0.221 e. The first kappa shape index (κ1) is 16.4. The number of nitrogens with zero attached hydrogens (tertiary/aromatic N) is 1. The lowest BCUT2D eigenvalue weighted by atomic mass is 9.85. The van der Waals surface area contributed by atoms with Crippen LogP contribution in [0.15, 0.2) is 0 Å². The van der Waals surface area contributed by atoms with Crippen molar-refractivity contribution in [1.29, 1.82) is 0 Å². The van der Waals surface area contributed by atoms with E-state index in [-0.39, 0.29) is 22.9 Å². The molecule has 17 heavy (non-hydrogen) atoms. The number of carbonyl (C=O) groups is 1. The second kappa shape index (κ2) is 5.83. The van der Waals surface area contributed by atoms with E-state index in [4.69, 9.17) is 5.73 Å². The van der Waals surface area contributed by atoms with Crippen LogP contribution in [-0.4, -0.2) is 43.0 Å². The third kappa shape index (κ3) is 6.03. The van der Waals surface area contributed by atoms with Crippen molar-refractivity contribution in [2.45, 2.75) is 52.6 Å². The van der Waals surface area contributed by atoms with E-state index in [0.717, 1.165) is 0 Å². The molecule has 0 aliphatic heterocycles. The molecule has 4 nitrogen and oxygen atoms in total. The Morgan fingerprint density at radius 1 is 1.24 bits per heavy atom. The summed E-state index contributed by atoms with van der Waals surface area (Å²) in [5, 5.41) is 2.95. The van der Waals surface area contributed by atoms with Crippen LogP contribution in [0.1, 0.15) is 41.0 Å². The first-order chi connectivity index (χ1) is 7.47. The SMILES string of the molecule is CN(C)C(C)(C)CNC(=O)CC(N)C(C)(C)C. The molecule has 0 bridgehead atoms. The van der Waals surface area contributed by atoms with Crippen molar-refractivity contribution >= 4 is 5.91 Å². The van der Waals surface area contributed by atoms with Gasteiger partial charge in [0.05, 0.1) is 0 Å². The molecule has 4 heteroatoms. The molecule has 0 saturated heterocycles. The quantitative estimate of drug-likeness (QED) is 0.763. The van der Waals surface area contributed by atoms with Crippen molar-refractivity contribution in [3.8, 4) is 0 Å². The third-order valence-corrected chi connectivity index (χ3v) is 3.45. The van der Waals surface area contributed by atoms with Gasteiger partial charge in [-0.1, -0.05) is 20.8 Å². The minimum absolute atomic E-state index is 0.0300. The number of likely N-dealkylation sites (N-methyl/N-ethyl adjacent to an activating group) is 1. The molecule has 0 aromatic rings. The van der Waals surface area contributed by atoms with Crippen LogP contribution in [0.4, 0.5) is 0 Å². The summed E-state index contributed by atoms with van der Waals surface area (Å²) in [5.74, 6) is 0.0300. The van der Waals surface area contributed by atoms with Crippen LogP contribution in [0.5, 0.6) is 0 Å². The van der Waals surface area contributed by atoms with E-state index in [1.54, 1.807) is 0 Å². The normalized spacial score (nSPS) is 14.9. The molecule has 0 radical (unpaired) electrons. The molecule has 0 heterocycles. The maximum Gasteiger partial charge on any atom is 0.221 e. The summed E-state index contributed by atoms with van der Waals surface area (Å²) in [6.45, 7) is 11.0. The number of carbonyl (C=O) groups excluding carboxylic acids is 1. The van der Waals surface area contributed by atoms with Crippen LogP contribution in [-0.2, 0) is 4.79 Å². The van der Waals surface area contributed by atoms with Crippen molar-refractivity contribution < 1.29 is 4.79 Å². The van der Waals surface area contributed by atoms with Gasteiger partial charge in [-0.2, -0.15) is 0 Å². The zero-order valence-corrected chi connectivity index (χ0v) is 12.4. The van der Waals surface area contributed by atoms with Gasteiger partial charge in [-0.15, -0.1) is 0 Å². The molecule has 0 rings (SSSR count). The summed E-state index contributed by atoms with van der Waals surface area (Å²) in [7, 11) is 4.01. The highest BCUT2D eigenvalue weighted by Gasteiger charge is 2.25. The zero-order valence-electron chi connectivity index (χ0n) is 12.4. The molecular weight excluding hydrogens is 214 g/mol. The lowest BCUT2D eigenvalue weighted by molar-refractivity contribution is -0.122. The highest BCUT2D eigenvalue weighted by atomic mass is 16.1. The minimum atomic E-state index is -0.107. The van der Waals surface area contributed by atoms with E-state index < -0.39 is 0 Å². The minimum Gasteiger partial charge on any atom is -0.354 e. The van der Waals surface area contributed by atoms with Crippen molar-refractivity contribution in [3.05, 3.63) is 0 Å². The maximum atomic E-state index is 11.8. The molecule has 0 fully saturated rings. The number of nitrogens with two attached hydrogens (primary N) is 1. The molecule has 0 aromatic heterocycles. The van der Waals surface area contributed by atoms with Crippen molar-refractivity contribution in [2.75, 3.05) is 20.6 Å². The van der Waals surface area contributed by atoms with E-state index >= 15 is 0 Å². The Labute approximate surface area is 106 Å². The topological polar surface area (TPSA) is 58.4 Å². The Bertz CT molecular complexity index is 254. The molecule has 0 spiro atoms. The molecule has 0 aromatic carbocycles. The van der Waals surface area contributed by atoms with Crippen molar-refractivity contribution in [2.24, 2.45) is 11.1 Å². The van der Waals surface area contributed by atoms with Crippen LogP contribution in [0.3, 0.4) is 0 Å². The summed E-state index contributed by atoms with van der Waals surface area (Å²) < 4.78 is 0. The standard InChI is InChI=1S/C13H29N3O/c1-12(2,3)10(14)8-11(17)15-9-13(4,5)16(6)7/h10H,8-9,14H2,1-7H3,(H,15,17). The van der Waals surface area contributed by atoms with Crippen LogP contribution in [0, 0.1) is 5.41 Å². The first-order valence-corrected chi connectivity index (χ1v) is 6.16. The second-order valence-electron chi connectivity index (χ2n) is 6.66.